The summed E-state index contributed by atoms with van der Waals surface area (Å²) in [6, 6.07) is 6.00. The van der Waals surface area contributed by atoms with Gasteiger partial charge in [-0.3, -0.25) is 0 Å². The second-order valence-corrected chi connectivity index (χ2v) is 5.80. The summed E-state index contributed by atoms with van der Waals surface area (Å²) < 4.78 is 10.6. The first-order valence-corrected chi connectivity index (χ1v) is 7.29. The van der Waals surface area contributed by atoms with Gasteiger partial charge in [-0.15, -0.1) is 0 Å². The predicted octanol–water partition coefficient (Wildman–Crippen LogP) is 3.52. The highest BCUT2D eigenvalue weighted by atomic mass is 16.6. The summed E-state index contributed by atoms with van der Waals surface area (Å²) in [7, 11) is 1.62. The van der Waals surface area contributed by atoms with Gasteiger partial charge in [0.05, 0.1) is 7.11 Å². The maximum atomic E-state index is 11.9. The smallest absolute Gasteiger partial charge is 0.363 e. The third-order valence-electron chi connectivity index (χ3n) is 3.78. The Morgan fingerprint density at radius 2 is 2.14 bits per heavy atom. The van der Waals surface area contributed by atoms with Crippen LogP contribution in [0.3, 0.4) is 0 Å². The molecule has 1 fully saturated rings. The number of aliphatic imine (C=N–C) groups is 1. The Bertz CT molecular complexity index is 639. The molecule has 0 N–H and O–H groups in total. The van der Waals surface area contributed by atoms with Crippen LogP contribution < -0.4 is 4.74 Å². The van der Waals surface area contributed by atoms with Crippen LogP contribution in [0.4, 0.5) is 0 Å². The van der Waals surface area contributed by atoms with Crippen molar-refractivity contribution in [3.8, 4) is 5.75 Å². The molecule has 0 aromatic heterocycles. The molecule has 110 valence electrons. The summed E-state index contributed by atoms with van der Waals surface area (Å²) in [6.45, 7) is 4.26. The lowest BCUT2D eigenvalue weighted by molar-refractivity contribution is -0.130. The molecule has 0 unspecified atom stereocenters. The summed E-state index contributed by atoms with van der Waals surface area (Å²) in [4.78, 5) is 16.2. The van der Waals surface area contributed by atoms with E-state index in [1.807, 2.05) is 18.2 Å². The molecule has 0 saturated heterocycles. The molecule has 21 heavy (non-hydrogen) atoms. The van der Waals surface area contributed by atoms with Crippen molar-refractivity contribution in [3.05, 3.63) is 35.0 Å². The van der Waals surface area contributed by atoms with E-state index in [-0.39, 0.29) is 5.97 Å². The van der Waals surface area contributed by atoms with Crippen molar-refractivity contribution in [1.82, 2.24) is 0 Å². The van der Waals surface area contributed by atoms with E-state index in [0.717, 1.165) is 24.2 Å². The molecule has 0 atom stereocenters. The standard InChI is InChI=1S/C17H19NO3/c1-10(2)12-6-7-15(20-3)13(8-12)9-14-17(19)21-16(18-14)11-4-5-11/h6-11H,4-5H2,1-3H3/b14-9-. The van der Waals surface area contributed by atoms with Gasteiger partial charge in [0, 0.05) is 11.5 Å². The van der Waals surface area contributed by atoms with Crippen molar-refractivity contribution in [2.24, 2.45) is 10.9 Å². The van der Waals surface area contributed by atoms with Gasteiger partial charge < -0.3 is 9.47 Å². The van der Waals surface area contributed by atoms with Crippen molar-refractivity contribution < 1.29 is 14.3 Å². The molecule has 0 spiro atoms. The van der Waals surface area contributed by atoms with Crippen LogP contribution >= 0.6 is 0 Å². The average molecular weight is 285 g/mol. The number of ether oxygens (including phenoxy) is 2. The van der Waals surface area contributed by atoms with Crippen LogP contribution in [0.1, 0.15) is 43.7 Å². The quantitative estimate of drug-likeness (QED) is 0.628. The highest BCUT2D eigenvalue weighted by Crippen LogP contribution is 2.35. The van der Waals surface area contributed by atoms with E-state index < -0.39 is 0 Å². The van der Waals surface area contributed by atoms with Crippen LogP contribution in [0, 0.1) is 5.92 Å². The van der Waals surface area contributed by atoms with Gasteiger partial charge in [-0.25, -0.2) is 9.79 Å². The van der Waals surface area contributed by atoms with Gasteiger partial charge in [-0.1, -0.05) is 19.9 Å². The van der Waals surface area contributed by atoms with E-state index in [1.165, 1.54) is 5.56 Å². The molecule has 1 saturated carbocycles. The Kier molecular flexibility index (Phi) is 3.53. The van der Waals surface area contributed by atoms with E-state index >= 15 is 0 Å². The van der Waals surface area contributed by atoms with Crippen LogP contribution in [-0.4, -0.2) is 19.0 Å². The Balaban J connectivity index is 1.97. The number of hydrogen-bond acceptors (Lipinski definition) is 4. The van der Waals surface area contributed by atoms with E-state index in [1.54, 1.807) is 13.2 Å². The zero-order chi connectivity index (χ0) is 15.0. The van der Waals surface area contributed by atoms with Crippen molar-refractivity contribution in [2.75, 3.05) is 7.11 Å². The molecule has 0 radical (unpaired) electrons. The Morgan fingerprint density at radius 1 is 1.38 bits per heavy atom. The molecule has 1 aromatic rings. The minimum absolute atomic E-state index is 0.337. The molecule has 2 aliphatic rings. The molecule has 4 heteroatoms. The van der Waals surface area contributed by atoms with E-state index in [4.69, 9.17) is 9.47 Å². The maximum Gasteiger partial charge on any atom is 0.363 e. The SMILES string of the molecule is COc1ccc(C(C)C)cc1/C=C1\N=C(C2CC2)OC1=O. The maximum absolute atomic E-state index is 11.9. The van der Waals surface area contributed by atoms with Crippen LogP contribution in [0.25, 0.3) is 6.08 Å². The van der Waals surface area contributed by atoms with Crippen molar-refractivity contribution in [2.45, 2.75) is 32.6 Å². The van der Waals surface area contributed by atoms with Gasteiger partial charge >= 0.3 is 5.97 Å². The molecular formula is C17H19NO3. The fourth-order valence-corrected chi connectivity index (χ4v) is 2.30. The highest BCUT2D eigenvalue weighted by molar-refractivity contribution is 6.08. The number of hydrogen-bond donors (Lipinski definition) is 0. The summed E-state index contributed by atoms with van der Waals surface area (Å²) in [6.07, 6.45) is 3.87. The van der Waals surface area contributed by atoms with Crippen molar-refractivity contribution in [3.63, 3.8) is 0 Å². The van der Waals surface area contributed by atoms with Gasteiger partial charge in [0.25, 0.3) is 0 Å². The molecule has 3 rings (SSSR count). The van der Waals surface area contributed by atoms with E-state index in [2.05, 4.69) is 18.8 Å². The predicted molar refractivity (Wildman–Crippen MR) is 81.3 cm³/mol. The number of nitrogens with zero attached hydrogens (tertiary/aromatic N) is 1. The molecule has 0 bridgehead atoms. The Morgan fingerprint density at radius 3 is 2.76 bits per heavy atom. The topological polar surface area (TPSA) is 47.9 Å². The summed E-state index contributed by atoms with van der Waals surface area (Å²) in [5.74, 6) is 1.69. The van der Waals surface area contributed by atoms with Gasteiger partial charge in [0.15, 0.2) is 5.70 Å². The Hall–Kier alpha value is -2.10. The molecule has 0 amide bonds. The minimum Gasteiger partial charge on any atom is -0.496 e. The first kappa shape index (κ1) is 13.9. The number of benzene rings is 1. The number of carbonyl (C=O) groups is 1. The highest BCUT2D eigenvalue weighted by Gasteiger charge is 2.35. The number of rotatable bonds is 4. The third kappa shape index (κ3) is 2.84. The van der Waals surface area contributed by atoms with Gasteiger partial charge in [0.2, 0.25) is 5.90 Å². The van der Waals surface area contributed by atoms with Crippen molar-refractivity contribution >= 4 is 17.9 Å². The van der Waals surface area contributed by atoms with Gasteiger partial charge in [0.1, 0.15) is 5.75 Å². The van der Waals surface area contributed by atoms with Gasteiger partial charge in [-0.2, -0.15) is 0 Å². The lowest BCUT2D eigenvalue weighted by atomic mass is 10.00. The number of cyclic esters (lactones) is 1. The molecule has 1 aromatic carbocycles. The third-order valence-corrected chi connectivity index (χ3v) is 3.78. The normalized spacial score (nSPS) is 19.9. The summed E-state index contributed by atoms with van der Waals surface area (Å²) >= 11 is 0. The zero-order valence-electron chi connectivity index (χ0n) is 12.6. The first-order chi connectivity index (χ1) is 10.1. The molecular weight excluding hydrogens is 266 g/mol. The fraction of sp³-hybridized carbons (Fsp3) is 0.412. The van der Waals surface area contributed by atoms with Crippen LogP contribution in [0.2, 0.25) is 0 Å². The van der Waals surface area contributed by atoms with E-state index in [0.29, 0.717) is 23.4 Å². The molecule has 1 heterocycles. The van der Waals surface area contributed by atoms with Crippen LogP contribution in [0.5, 0.6) is 5.75 Å². The Labute approximate surface area is 124 Å². The minimum atomic E-state index is -0.367. The monoisotopic (exact) mass is 285 g/mol. The van der Waals surface area contributed by atoms with E-state index in [9.17, 15) is 4.79 Å². The molecule has 1 aliphatic heterocycles. The molecule has 4 nitrogen and oxygen atoms in total. The largest absolute Gasteiger partial charge is 0.496 e. The van der Waals surface area contributed by atoms with Crippen LogP contribution in [0.15, 0.2) is 28.9 Å². The summed E-state index contributed by atoms with van der Waals surface area (Å²) in [5, 5.41) is 0. The second kappa shape index (κ2) is 5.35. The summed E-state index contributed by atoms with van der Waals surface area (Å²) in [5.41, 5.74) is 2.41. The lowest BCUT2D eigenvalue weighted by Crippen LogP contribution is -2.05. The van der Waals surface area contributed by atoms with Gasteiger partial charge in [-0.05, 0) is 42.5 Å². The van der Waals surface area contributed by atoms with Crippen molar-refractivity contribution in [1.29, 1.82) is 0 Å². The fourth-order valence-electron chi connectivity index (χ4n) is 2.30. The lowest BCUT2D eigenvalue weighted by Gasteiger charge is -2.10. The second-order valence-electron chi connectivity index (χ2n) is 5.80. The average Bonchev–Trinajstić information content (AvgIpc) is 3.24. The van der Waals surface area contributed by atoms with Crippen LogP contribution in [-0.2, 0) is 9.53 Å². The molecule has 1 aliphatic carbocycles. The zero-order valence-corrected chi connectivity index (χ0v) is 12.6. The number of carbonyl (C=O) groups excluding carboxylic acids is 1. The number of methoxy groups -OCH3 is 1. The first-order valence-electron chi connectivity index (χ1n) is 7.29. The number of esters is 1.